The number of hydrogen-bond donors (Lipinski definition) is 11. The first kappa shape index (κ1) is 31.5. The van der Waals surface area contributed by atoms with Crippen molar-refractivity contribution in [3.8, 4) is 45.8 Å². The summed E-state index contributed by atoms with van der Waals surface area (Å²) in [7, 11) is 0. The molecule has 1 aromatic heterocycles. The fourth-order valence-electron chi connectivity index (χ4n) is 4.87. The van der Waals surface area contributed by atoms with Gasteiger partial charge in [-0.3, -0.25) is 4.79 Å². The number of phenolic OH excluding ortho intramolecular Hbond substituents is 3. The molecule has 2 fully saturated rings. The van der Waals surface area contributed by atoms with Crippen molar-refractivity contribution in [3.05, 3.63) is 34.5 Å². The Balaban J connectivity index is 1.71. The number of rotatable bonds is 6. The van der Waals surface area contributed by atoms with Gasteiger partial charge in [0.05, 0.1) is 12.7 Å². The van der Waals surface area contributed by atoms with E-state index in [1.54, 1.807) is 0 Å². The average Bonchev–Trinajstić information content (AvgIpc) is 2.99. The number of aromatic hydroxyl groups is 4. The van der Waals surface area contributed by atoms with Crippen molar-refractivity contribution in [1.29, 1.82) is 0 Å². The van der Waals surface area contributed by atoms with Crippen molar-refractivity contribution in [1.82, 2.24) is 0 Å². The summed E-state index contributed by atoms with van der Waals surface area (Å²) < 4.78 is 28.0. The molecule has 0 spiro atoms. The lowest BCUT2D eigenvalue weighted by Crippen LogP contribution is -2.60. The van der Waals surface area contributed by atoms with Crippen LogP contribution in [-0.2, 0) is 9.47 Å². The molecule has 0 bridgehead atoms. The van der Waals surface area contributed by atoms with Crippen LogP contribution in [0.3, 0.4) is 0 Å². The lowest BCUT2D eigenvalue weighted by atomic mass is 9.99. The Kier molecular flexibility index (Phi) is 8.51. The third kappa shape index (κ3) is 5.34. The first-order chi connectivity index (χ1) is 20.7. The van der Waals surface area contributed by atoms with Crippen LogP contribution in [0.5, 0.6) is 34.5 Å². The highest BCUT2D eigenvalue weighted by atomic mass is 16.7. The highest BCUT2D eigenvalue weighted by Gasteiger charge is 2.47. The SMILES string of the molecule is CC1OC(Oc2cc(O)c3c(=O)c(O)c(-c4ccc(O)c(O)c4)oc3c2OC2OC(CO)C(O)C(O)C2O)C(O)C(O)C1O. The predicted molar refractivity (Wildman–Crippen MR) is 142 cm³/mol. The summed E-state index contributed by atoms with van der Waals surface area (Å²) >= 11 is 0. The van der Waals surface area contributed by atoms with E-state index in [0.29, 0.717) is 0 Å². The molecule has 0 aliphatic carbocycles. The van der Waals surface area contributed by atoms with Gasteiger partial charge in [0.15, 0.2) is 28.6 Å². The van der Waals surface area contributed by atoms with Crippen molar-refractivity contribution in [2.75, 3.05) is 6.61 Å². The van der Waals surface area contributed by atoms with Crippen LogP contribution in [0.1, 0.15) is 6.92 Å². The van der Waals surface area contributed by atoms with E-state index in [1.807, 2.05) is 0 Å². The van der Waals surface area contributed by atoms with Crippen LogP contribution in [0.25, 0.3) is 22.3 Å². The minimum absolute atomic E-state index is 0.140. The molecule has 17 nitrogen and oxygen atoms in total. The molecule has 2 aromatic carbocycles. The van der Waals surface area contributed by atoms with Gasteiger partial charge < -0.3 is 79.5 Å². The van der Waals surface area contributed by atoms with Crippen LogP contribution in [0.2, 0.25) is 0 Å². The molecular formula is C27H30O17. The molecule has 10 atom stereocenters. The molecule has 3 heterocycles. The second-order valence-electron chi connectivity index (χ2n) is 10.4. The zero-order chi connectivity index (χ0) is 32.2. The number of fused-ring (bicyclic) bond motifs is 1. The Morgan fingerprint density at radius 1 is 0.750 bits per heavy atom. The van der Waals surface area contributed by atoms with Gasteiger partial charge >= 0.3 is 0 Å². The molecule has 240 valence electrons. The first-order valence-electron chi connectivity index (χ1n) is 13.2. The zero-order valence-electron chi connectivity index (χ0n) is 22.7. The maximum absolute atomic E-state index is 13.3. The number of hydrogen-bond acceptors (Lipinski definition) is 17. The Labute approximate surface area is 246 Å². The number of aliphatic hydroxyl groups is 7. The molecule has 44 heavy (non-hydrogen) atoms. The van der Waals surface area contributed by atoms with Crippen molar-refractivity contribution >= 4 is 11.0 Å². The van der Waals surface area contributed by atoms with E-state index in [2.05, 4.69) is 0 Å². The number of aliphatic hydroxyl groups excluding tert-OH is 7. The Bertz CT molecular complexity index is 1590. The smallest absolute Gasteiger partial charge is 0.238 e. The first-order valence-corrected chi connectivity index (χ1v) is 13.2. The highest BCUT2D eigenvalue weighted by molar-refractivity contribution is 5.93. The van der Waals surface area contributed by atoms with Gasteiger partial charge in [0.1, 0.15) is 53.9 Å². The van der Waals surface area contributed by atoms with E-state index in [1.165, 1.54) is 6.92 Å². The Morgan fingerprint density at radius 2 is 1.39 bits per heavy atom. The van der Waals surface area contributed by atoms with Crippen molar-refractivity contribution in [3.63, 3.8) is 0 Å². The number of phenols is 3. The number of benzene rings is 2. The van der Waals surface area contributed by atoms with Gasteiger partial charge in [-0.25, -0.2) is 0 Å². The lowest BCUT2D eigenvalue weighted by Gasteiger charge is -2.40. The largest absolute Gasteiger partial charge is 0.507 e. The van der Waals surface area contributed by atoms with Crippen LogP contribution < -0.4 is 14.9 Å². The molecule has 0 amide bonds. The van der Waals surface area contributed by atoms with Gasteiger partial charge in [0, 0.05) is 11.6 Å². The van der Waals surface area contributed by atoms with E-state index in [4.69, 9.17) is 23.4 Å². The topological polar surface area (TPSA) is 290 Å². The van der Waals surface area contributed by atoms with Crippen LogP contribution in [0.4, 0.5) is 0 Å². The molecule has 2 aliphatic heterocycles. The third-order valence-electron chi connectivity index (χ3n) is 7.41. The monoisotopic (exact) mass is 626 g/mol. The average molecular weight is 627 g/mol. The second kappa shape index (κ2) is 11.9. The van der Waals surface area contributed by atoms with E-state index in [9.17, 15) is 61.0 Å². The summed E-state index contributed by atoms with van der Waals surface area (Å²) in [4.78, 5) is 13.3. The van der Waals surface area contributed by atoms with Crippen LogP contribution in [0, 0.1) is 0 Å². The third-order valence-corrected chi connectivity index (χ3v) is 7.41. The van der Waals surface area contributed by atoms with Gasteiger partial charge in [-0.05, 0) is 25.1 Å². The van der Waals surface area contributed by atoms with Crippen LogP contribution in [-0.4, -0.2) is 124 Å². The fourth-order valence-corrected chi connectivity index (χ4v) is 4.87. The molecule has 10 unspecified atom stereocenters. The summed E-state index contributed by atoms with van der Waals surface area (Å²) in [5.74, 6) is -4.95. The predicted octanol–water partition coefficient (Wildman–Crippen LogP) is -2.33. The van der Waals surface area contributed by atoms with Crippen LogP contribution >= 0.6 is 0 Å². The van der Waals surface area contributed by atoms with E-state index < -0.39 is 125 Å². The molecule has 3 aromatic rings. The van der Waals surface area contributed by atoms with Crippen LogP contribution in [0.15, 0.2) is 33.5 Å². The molecule has 0 saturated carbocycles. The summed E-state index contributed by atoms with van der Waals surface area (Å²) in [5, 5.41) is 112. The summed E-state index contributed by atoms with van der Waals surface area (Å²) in [6, 6.07) is 3.91. The second-order valence-corrected chi connectivity index (χ2v) is 10.4. The van der Waals surface area contributed by atoms with Gasteiger partial charge in [0.25, 0.3) is 0 Å². The molecule has 17 heteroatoms. The van der Waals surface area contributed by atoms with E-state index in [-0.39, 0.29) is 5.56 Å². The van der Waals surface area contributed by atoms with Gasteiger partial charge in [0.2, 0.25) is 29.5 Å². The molecule has 0 radical (unpaired) electrons. The Morgan fingerprint density at radius 3 is 2.02 bits per heavy atom. The van der Waals surface area contributed by atoms with Crippen molar-refractivity contribution in [2.45, 2.75) is 68.3 Å². The maximum Gasteiger partial charge on any atom is 0.238 e. The normalized spacial score (nSPS) is 32.5. The highest BCUT2D eigenvalue weighted by Crippen LogP contribution is 2.46. The molecule has 5 rings (SSSR count). The zero-order valence-corrected chi connectivity index (χ0v) is 22.7. The van der Waals surface area contributed by atoms with Crippen molar-refractivity contribution < 1.29 is 79.5 Å². The quantitative estimate of drug-likeness (QED) is 0.128. The number of ether oxygens (including phenoxy) is 4. The summed E-state index contributed by atoms with van der Waals surface area (Å²) in [6.07, 6.45) is -17.0. The standard InChI is InChI=1S/C27H30O17/c1-7-15(32)18(35)21(38)26(40-7)41-12-5-11(31)14-17(34)20(37)23(8-2-3-9(29)10(30)4-8)43-25(14)24(12)44-27-22(39)19(36)16(33)13(6-28)42-27/h2-5,7,13,15-16,18-19,21-22,26-33,35-39H,6H2,1H3. The van der Waals surface area contributed by atoms with E-state index in [0.717, 1.165) is 24.3 Å². The molecular weight excluding hydrogens is 596 g/mol. The maximum atomic E-state index is 13.3. The minimum Gasteiger partial charge on any atom is -0.507 e. The minimum atomic E-state index is -1.99. The van der Waals surface area contributed by atoms with Gasteiger partial charge in [-0.2, -0.15) is 0 Å². The molecule has 11 N–H and O–H groups in total. The molecule has 2 saturated heterocycles. The summed E-state index contributed by atoms with van der Waals surface area (Å²) in [6.45, 7) is 0.530. The fraction of sp³-hybridized carbons (Fsp3) is 0.444. The summed E-state index contributed by atoms with van der Waals surface area (Å²) in [5.41, 5.74) is -2.04. The van der Waals surface area contributed by atoms with E-state index >= 15 is 0 Å². The van der Waals surface area contributed by atoms with Gasteiger partial charge in [-0.15, -0.1) is 0 Å². The van der Waals surface area contributed by atoms with Gasteiger partial charge in [-0.1, -0.05) is 0 Å². The molecule has 2 aliphatic rings. The Hall–Kier alpha value is -3.91. The van der Waals surface area contributed by atoms with Crippen molar-refractivity contribution in [2.24, 2.45) is 0 Å². The lowest BCUT2D eigenvalue weighted by molar-refractivity contribution is -0.279.